The Morgan fingerprint density at radius 1 is 1.14 bits per heavy atom. The highest BCUT2D eigenvalue weighted by Gasteiger charge is 2.18. The van der Waals surface area contributed by atoms with Crippen LogP contribution in [-0.2, 0) is 12.8 Å². The van der Waals surface area contributed by atoms with Crippen LogP contribution >= 0.6 is 0 Å². The van der Waals surface area contributed by atoms with Crippen LogP contribution in [0.15, 0.2) is 30.6 Å². The average molecular weight is 283 g/mol. The molecule has 5 nitrogen and oxygen atoms in total. The molecule has 1 aliphatic rings. The average Bonchev–Trinajstić information content (AvgIpc) is 2.53. The van der Waals surface area contributed by atoms with Crippen molar-refractivity contribution < 1.29 is 9.90 Å². The summed E-state index contributed by atoms with van der Waals surface area (Å²) >= 11 is 0. The number of anilines is 2. The Morgan fingerprint density at radius 3 is 2.57 bits per heavy atom. The minimum Gasteiger partial charge on any atom is -0.478 e. The normalized spacial score (nSPS) is 13.6. The molecule has 0 saturated heterocycles. The molecule has 2 aromatic rings. The molecule has 1 N–H and O–H groups in total. The number of aromatic carboxylic acids is 1. The van der Waals surface area contributed by atoms with E-state index < -0.39 is 5.97 Å². The maximum Gasteiger partial charge on any atom is 0.335 e. The molecule has 1 heterocycles. The number of carboxylic acids is 1. The molecule has 0 amide bonds. The third kappa shape index (κ3) is 2.59. The first-order valence-corrected chi connectivity index (χ1v) is 7.06. The SMILES string of the molecule is CN(c1ccc(C(=O)O)cc1)c1ncnc2c1CCCC2. The van der Waals surface area contributed by atoms with Crippen LogP contribution in [0.25, 0.3) is 0 Å². The largest absolute Gasteiger partial charge is 0.478 e. The van der Waals surface area contributed by atoms with E-state index in [-0.39, 0.29) is 5.56 Å². The van der Waals surface area contributed by atoms with Crippen molar-refractivity contribution in [2.24, 2.45) is 0 Å². The van der Waals surface area contributed by atoms with Gasteiger partial charge in [-0.3, -0.25) is 0 Å². The molecular weight excluding hydrogens is 266 g/mol. The van der Waals surface area contributed by atoms with E-state index in [1.165, 1.54) is 18.4 Å². The van der Waals surface area contributed by atoms with E-state index in [2.05, 4.69) is 9.97 Å². The van der Waals surface area contributed by atoms with Gasteiger partial charge in [0, 0.05) is 24.0 Å². The summed E-state index contributed by atoms with van der Waals surface area (Å²) in [7, 11) is 1.95. The Hall–Kier alpha value is -2.43. The highest BCUT2D eigenvalue weighted by Crippen LogP contribution is 2.30. The first-order chi connectivity index (χ1) is 10.2. The molecule has 0 radical (unpaired) electrons. The van der Waals surface area contributed by atoms with Crippen LogP contribution < -0.4 is 4.90 Å². The lowest BCUT2D eigenvalue weighted by molar-refractivity contribution is 0.0697. The van der Waals surface area contributed by atoms with E-state index in [0.29, 0.717) is 0 Å². The van der Waals surface area contributed by atoms with E-state index in [4.69, 9.17) is 5.11 Å². The molecular formula is C16H17N3O2. The zero-order valence-electron chi connectivity index (χ0n) is 11.9. The van der Waals surface area contributed by atoms with Gasteiger partial charge in [0.1, 0.15) is 12.1 Å². The second-order valence-electron chi connectivity index (χ2n) is 5.24. The molecule has 0 aliphatic heterocycles. The standard InChI is InChI=1S/C16H17N3O2/c1-19(12-8-6-11(7-9-12)16(20)21)15-13-4-2-3-5-14(13)17-10-18-15/h6-10H,2-5H2,1H3,(H,20,21). The van der Waals surface area contributed by atoms with Crippen molar-refractivity contribution in [2.45, 2.75) is 25.7 Å². The zero-order valence-corrected chi connectivity index (χ0v) is 11.9. The van der Waals surface area contributed by atoms with Gasteiger partial charge in [0.15, 0.2) is 0 Å². The lowest BCUT2D eigenvalue weighted by Gasteiger charge is -2.24. The summed E-state index contributed by atoms with van der Waals surface area (Å²) in [5.74, 6) is 0.00592. The van der Waals surface area contributed by atoms with Gasteiger partial charge in [0.25, 0.3) is 0 Å². The third-order valence-electron chi connectivity index (χ3n) is 3.92. The monoisotopic (exact) mass is 283 g/mol. The molecule has 1 aromatic carbocycles. The molecule has 0 atom stereocenters. The summed E-state index contributed by atoms with van der Waals surface area (Å²) in [4.78, 5) is 21.7. The Labute approximate surface area is 123 Å². The van der Waals surface area contributed by atoms with Crippen molar-refractivity contribution >= 4 is 17.5 Å². The van der Waals surface area contributed by atoms with E-state index >= 15 is 0 Å². The Bertz CT molecular complexity index is 668. The highest BCUT2D eigenvalue weighted by molar-refractivity contribution is 5.88. The molecule has 0 fully saturated rings. The molecule has 1 aliphatic carbocycles. The Morgan fingerprint density at radius 2 is 1.86 bits per heavy atom. The van der Waals surface area contributed by atoms with Crippen LogP contribution in [-0.4, -0.2) is 28.1 Å². The summed E-state index contributed by atoms with van der Waals surface area (Å²) in [5.41, 5.74) is 3.57. The molecule has 21 heavy (non-hydrogen) atoms. The minimum absolute atomic E-state index is 0.289. The van der Waals surface area contributed by atoms with Crippen molar-refractivity contribution in [3.05, 3.63) is 47.4 Å². The van der Waals surface area contributed by atoms with Gasteiger partial charge in [0.2, 0.25) is 0 Å². The summed E-state index contributed by atoms with van der Waals surface area (Å²) < 4.78 is 0. The van der Waals surface area contributed by atoms with Gasteiger partial charge < -0.3 is 10.0 Å². The maximum atomic E-state index is 10.9. The van der Waals surface area contributed by atoms with Crippen LogP contribution in [0.1, 0.15) is 34.5 Å². The topological polar surface area (TPSA) is 66.3 Å². The van der Waals surface area contributed by atoms with E-state index in [1.807, 2.05) is 11.9 Å². The van der Waals surface area contributed by atoms with E-state index in [1.54, 1.807) is 30.6 Å². The molecule has 0 unspecified atom stereocenters. The van der Waals surface area contributed by atoms with Crippen molar-refractivity contribution in [3.63, 3.8) is 0 Å². The quantitative estimate of drug-likeness (QED) is 0.938. The van der Waals surface area contributed by atoms with Gasteiger partial charge in [-0.05, 0) is 49.9 Å². The molecule has 0 saturated carbocycles. The zero-order chi connectivity index (χ0) is 14.8. The Kier molecular flexibility index (Phi) is 3.56. The maximum absolute atomic E-state index is 10.9. The van der Waals surface area contributed by atoms with E-state index in [0.717, 1.165) is 30.0 Å². The molecule has 0 spiro atoms. The Balaban J connectivity index is 1.95. The lowest BCUT2D eigenvalue weighted by Crippen LogP contribution is -2.17. The van der Waals surface area contributed by atoms with Gasteiger partial charge >= 0.3 is 5.97 Å². The van der Waals surface area contributed by atoms with Crippen LogP contribution in [0.5, 0.6) is 0 Å². The van der Waals surface area contributed by atoms with Gasteiger partial charge in [-0.1, -0.05) is 0 Å². The van der Waals surface area contributed by atoms with Crippen molar-refractivity contribution in [1.82, 2.24) is 9.97 Å². The fourth-order valence-corrected chi connectivity index (χ4v) is 2.74. The second-order valence-corrected chi connectivity index (χ2v) is 5.24. The molecule has 108 valence electrons. The number of aromatic nitrogens is 2. The summed E-state index contributed by atoms with van der Waals surface area (Å²) in [6.07, 6.45) is 5.97. The number of carbonyl (C=O) groups is 1. The molecule has 0 bridgehead atoms. The fraction of sp³-hybridized carbons (Fsp3) is 0.312. The number of benzene rings is 1. The third-order valence-corrected chi connectivity index (χ3v) is 3.92. The smallest absolute Gasteiger partial charge is 0.335 e. The fourth-order valence-electron chi connectivity index (χ4n) is 2.74. The number of fused-ring (bicyclic) bond motifs is 1. The predicted molar refractivity (Wildman–Crippen MR) is 80.1 cm³/mol. The first kappa shape index (κ1) is 13.5. The molecule has 1 aromatic heterocycles. The molecule has 5 heteroatoms. The predicted octanol–water partition coefficient (Wildman–Crippen LogP) is 2.82. The number of aryl methyl sites for hydroxylation is 1. The lowest BCUT2D eigenvalue weighted by atomic mass is 9.96. The number of carboxylic acid groups (broad SMARTS) is 1. The van der Waals surface area contributed by atoms with Gasteiger partial charge in [-0.15, -0.1) is 0 Å². The number of hydrogen-bond donors (Lipinski definition) is 1. The molecule has 3 rings (SSSR count). The first-order valence-electron chi connectivity index (χ1n) is 7.06. The van der Waals surface area contributed by atoms with Crippen LogP contribution in [0.3, 0.4) is 0 Å². The highest BCUT2D eigenvalue weighted by atomic mass is 16.4. The summed E-state index contributed by atoms with van der Waals surface area (Å²) in [5, 5.41) is 8.96. The van der Waals surface area contributed by atoms with Gasteiger partial charge in [-0.25, -0.2) is 14.8 Å². The van der Waals surface area contributed by atoms with Crippen molar-refractivity contribution in [3.8, 4) is 0 Å². The summed E-state index contributed by atoms with van der Waals surface area (Å²) in [6.45, 7) is 0. The van der Waals surface area contributed by atoms with Crippen molar-refractivity contribution in [2.75, 3.05) is 11.9 Å². The van der Waals surface area contributed by atoms with Crippen LogP contribution in [0, 0.1) is 0 Å². The van der Waals surface area contributed by atoms with Gasteiger partial charge in [-0.2, -0.15) is 0 Å². The van der Waals surface area contributed by atoms with Crippen molar-refractivity contribution in [1.29, 1.82) is 0 Å². The van der Waals surface area contributed by atoms with Gasteiger partial charge in [0.05, 0.1) is 5.56 Å². The minimum atomic E-state index is -0.913. The van der Waals surface area contributed by atoms with E-state index in [9.17, 15) is 4.79 Å². The summed E-state index contributed by atoms with van der Waals surface area (Å²) in [6, 6.07) is 6.84. The number of rotatable bonds is 3. The van der Waals surface area contributed by atoms with Crippen LogP contribution in [0.4, 0.5) is 11.5 Å². The second kappa shape index (κ2) is 5.52. The number of hydrogen-bond acceptors (Lipinski definition) is 4. The number of nitrogens with zero attached hydrogens (tertiary/aromatic N) is 3. The van der Waals surface area contributed by atoms with Crippen LogP contribution in [0.2, 0.25) is 0 Å².